The van der Waals surface area contributed by atoms with Crippen LogP contribution in [0.1, 0.15) is 54.6 Å². The minimum Gasteiger partial charge on any atom is -0.497 e. The van der Waals surface area contributed by atoms with Crippen molar-refractivity contribution >= 4 is 11.7 Å². The van der Waals surface area contributed by atoms with Gasteiger partial charge in [0.2, 0.25) is 5.91 Å². The second kappa shape index (κ2) is 9.96. The average Bonchev–Trinajstić information content (AvgIpc) is 2.98. The fourth-order valence-electron chi connectivity index (χ4n) is 3.18. The molecule has 6 nitrogen and oxygen atoms in total. The van der Waals surface area contributed by atoms with Crippen molar-refractivity contribution in [2.45, 2.75) is 38.6 Å². The van der Waals surface area contributed by atoms with Crippen LogP contribution in [-0.4, -0.2) is 32.0 Å². The fourth-order valence-corrected chi connectivity index (χ4v) is 3.18. The Balaban J connectivity index is 1.46. The van der Waals surface area contributed by atoms with E-state index in [2.05, 4.69) is 5.32 Å². The van der Waals surface area contributed by atoms with E-state index < -0.39 is 0 Å². The van der Waals surface area contributed by atoms with Gasteiger partial charge in [0.1, 0.15) is 5.75 Å². The standard InChI is InChI=1S/C23H27NO5/c1-16(18-9-12-21-22(15-18)29-14-4-13-28-21)24-23(26)6-3-5-20(25)17-7-10-19(27-2)11-8-17/h7-12,15-16H,3-6,13-14H2,1-2H3,(H,24,26). The SMILES string of the molecule is COc1ccc(C(=O)CCCC(=O)NC(C)c2ccc3c(c2)OCCCO3)cc1. The summed E-state index contributed by atoms with van der Waals surface area (Å²) in [5, 5.41) is 2.98. The molecule has 0 aliphatic carbocycles. The predicted octanol–water partition coefficient (Wildman–Crippen LogP) is 4.09. The van der Waals surface area contributed by atoms with Crippen LogP contribution in [0.2, 0.25) is 0 Å². The van der Waals surface area contributed by atoms with Gasteiger partial charge in [-0.15, -0.1) is 0 Å². The second-order valence-electron chi connectivity index (χ2n) is 7.05. The van der Waals surface area contributed by atoms with Crippen LogP contribution >= 0.6 is 0 Å². The lowest BCUT2D eigenvalue weighted by Crippen LogP contribution is -2.26. The number of methoxy groups -OCH3 is 1. The average molecular weight is 397 g/mol. The summed E-state index contributed by atoms with van der Waals surface area (Å²) >= 11 is 0. The summed E-state index contributed by atoms with van der Waals surface area (Å²) in [6.07, 6.45) is 1.99. The normalized spacial score (nSPS) is 13.9. The first-order chi connectivity index (χ1) is 14.1. The summed E-state index contributed by atoms with van der Waals surface area (Å²) in [4.78, 5) is 24.5. The van der Waals surface area contributed by atoms with Gasteiger partial charge in [-0.1, -0.05) is 6.07 Å². The van der Waals surface area contributed by atoms with E-state index in [0.717, 1.165) is 17.7 Å². The number of ether oxygens (including phenoxy) is 3. The van der Waals surface area contributed by atoms with Gasteiger partial charge in [0.25, 0.3) is 0 Å². The van der Waals surface area contributed by atoms with Gasteiger partial charge in [0.15, 0.2) is 17.3 Å². The lowest BCUT2D eigenvalue weighted by atomic mass is 10.0. The fraction of sp³-hybridized carbons (Fsp3) is 0.391. The molecule has 1 unspecified atom stereocenters. The summed E-state index contributed by atoms with van der Waals surface area (Å²) in [5.41, 5.74) is 1.59. The second-order valence-corrected chi connectivity index (χ2v) is 7.05. The highest BCUT2D eigenvalue weighted by molar-refractivity contribution is 5.96. The Morgan fingerprint density at radius 3 is 2.48 bits per heavy atom. The van der Waals surface area contributed by atoms with Crippen LogP contribution < -0.4 is 19.5 Å². The number of fused-ring (bicyclic) bond motifs is 1. The quantitative estimate of drug-likeness (QED) is 0.679. The molecule has 2 aromatic carbocycles. The van der Waals surface area contributed by atoms with Crippen molar-refractivity contribution in [2.75, 3.05) is 20.3 Å². The molecule has 2 aromatic rings. The van der Waals surface area contributed by atoms with Crippen LogP contribution in [0.4, 0.5) is 0 Å². The lowest BCUT2D eigenvalue weighted by molar-refractivity contribution is -0.121. The van der Waals surface area contributed by atoms with Gasteiger partial charge in [-0.3, -0.25) is 9.59 Å². The zero-order chi connectivity index (χ0) is 20.6. The van der Waals surface area contributed by atoms with Gasteiger partial charge in [-0.2, -0.15) is 0 Å². The van der Waals surface area contributed by atoms with E-state index in [0.29, 0.717) is 49.5 Å². The number of hydrogen-bond donors (Lipinski definition) is 1. The predicted molar refractivity (Wildman–Crippen MR) is 110 cm³/mol. The molecule has 0 saturated carbocycles. The topological polar surface area (TPSA) is 73.9 Å². The maximum atomic E-state index is 12.3. The molecule has 1 N–H and O–H groups in total. The highest BCUT2D eigenvalue weighted by atomic mass is 16.5. The van der Waals surface area contributed by atoms with Crippen molar-refractivity contribution in [1.29, 1.82) is 0 Å². The molecule has 1 amide bonds. The van der Waals surface area contributed by atoms with E-state index in [9.17, 15) is 9.59 Å². The van der Waals surface area contributed by atoms with Crippen molar-refractivity contribution < 1.29 is 23.8 Å². The minimum absolute atomic E-state index is 0.0244. The summed E-state index contributed by atoms with van der Waals surface area (Å²) in [5.74, 6) is 2.11. The number of rotatable bonds is 8. The van der Waals surface area contributed by atoms with Crippen LogP contribution in [0.5, 0.6) is 17.2 Å². The Morgan fingerprint density at radius 2 is 1.76 bits per heavy atom. The Labute approximate surface area is 171 Å². The molecule has 0 aromatic heterocycles. The van der Waals surface area contributed by atoms with E-state index in [1.165, 1.54) is 0 Å². The Kier molecular flexibility index (Phi) is 7.11. The first-order valence-electron chi connectivity index (χ1n) is 9.93. The van der Waals surface area contributed by atoms with Gasteiger partial charge < -0.3 is 19.5 Å². The van der Waals surface area contributed by atoms with Gasteiger partial charge in [0, 0.05) is 24.8 Å². The molecule has 1 aliphatic rings. The zero-order valence-electron chi connectivity index (χ0n) is 16.9. The van der Waals surface area contributed by atoms with Crippen LogP contribution in [0, 0.1) is 0 Å². The van der Waals surface area contributed by atoms with Crippen molar-refractivity contribution in [2.24, 2.45) is 0 Å². The summed E-state index contributed by atoms with van der Waals surface area (Å²) in [6.45, 7) is 3.20. The largest absolute Gasteiger partial charge is 0.497 e. The molecule has 6 heteroatoms. The van der Waals surface area contributed by atoms with Crippen LogP contribution in [0.3, 0.4) is 0 Å². The number of amides is 1. The third-order valence-electron chi connectivity index (χ3n) is 4.87. The maximum Gasteiger partial charge on any atom is 0.220 e. The summed E-state index contributed by atoms with van der Waals surface area (Å²) in [6, 6.07) is 12.6. The molecule has 1 aliphatic heterocycles. The Morgan fingerprint density at radius 1 is 1.03 bits per heavy atom. The third kappa shape index (κ3) is 5.73. The molecule has 0 spiro atoms. The number of hydrogen-bond acceptors (Lipinski definition) is 5. The molecular formula is C23H27NO5. The van der Waals surface area contributed by atoms with Gasteiger partial charge in [0.05, 0.1) is 26.4 Å². The molecule has 0 saturated heterocycles. The zero-order valence-corrected chi connectivity index (χ0v) is 16.9. The highest BCUT2D eigenvalue weighted by Gasteiger charge is 2.15. The molecule has 1 atom stereocenters. The first-order valence-corrected chi connectivity index (χ1v) is 9.93. The number of ketones is 1. The lowest BCUT2D eigenvalue weighted by Gasteiger charge is -2.16. The molecule has 154 valence electrons. The van der Waals surface area contributed by atoms with E-state index in [-0.39, 0.29) is 17.7 Å². The van der Waals surface area contributed by atoms with Gasteiger partial charge >= 0.3 is 0 Å². The molecule has 0 bridgehead atoms. The van der Waals surface area contributed by atoms with Crippen molar-refractivity contribution in [3.63, 3.8) is 0 Å². The van der Waals surface area contributed by atoms with E-state index in [1.807, 2.05) is 25.1 Å². The molecule has 3 rings (SSSR count). The van der Waals surface area contributed by atoms with Crippen molar-refractivity contribution in [3.8, 4) is 17.2 Å². The number of Topliss-reactive ketones (excluding diaryl/α,β-unsaturated/α-hetero) is 1. The van der Waals surface area contributed by atoms with E-state index in [4.69, 9.17) is 14.2 Å². The highest BCUT2D eigenvalue weighted by Crippen LogP contribution is 2.32. The number of carbonyl (C=O) groups is 2. The smallest absolute Gasteiger partial charge is 0.220 e. The molecule has 0 fully saturated rings. The van der Waals surface area contributed by atoms with Crippen LogP contribution in [0.25, 0.3) is 0 Å². The third-order valence-corrected chi connectivity index (χ3v) is 4.87. The Bertz CT molecular complexity index is 847. The van der Waals surface area contributed by atoms with Gasteiger partial charge in [-0.05, 0) is 55.3 Å². The maximum absolute atomic E-state index is 12.3. The first kappa shape index (κ1) is 20.7. The van der Waals surface area contributed by atoms with Crippen molar-refractivity contribution in [1.82, 2.24) is 5.32 Å². The van der Waals surface area contributed by atoms with Crippen molar-refractivity contribution in [3.05, 3.63) is 53.6 Å². The monoisotopic (exact) mass is 397 g/mol. The van der Waals surface area contributed by atoms with E-state index >= 15 is 0 Å². The molecule has 0 radical (unpaired) electrons. The van der Waals surface area contributed by atoms with E-state index in [1.54, 1.807) is 31.4 Å². The molecule has 29 heavy (non-hydrogen) atoms. The number of nitrogens with one attached hydrogen (secondary N) is 1. The minimum atomic E-state index is -0.156. The molecule has 1 heterocycles. The van der Waals surface area contributed by atoms with Crippen LogP contribution in [0.15, 0.2) is 42.5 Å². The number of carbonyl (C=O) groups excluding carboxylic acids is 2. The molecular weight excluding hydrogens is 370 g/mol. The Hall–Kier alpha value is -3.02. The van der Waals surface area contributed by atoms with Crippen LogP contribution in [-0.2, 0) is 4.79 Å². The van der Waals surface area contributed by atoms with Gasteiger partial charge in [-0.25, -0.2) is 0 Å². The summed E-state index contributed by atoms with van der Waals surface area (Å²) < 4.78 is 16.4. The summed E-state index contributed by atoms with van der Waals surface area (Å²) in [7, 11) is 1.59. The number of benzene rings is 2.